The van der Waals surface area contributed by atoms with Crippen LogP contribution in [0, 0.1) is 0 Å². The average Bonchev–Trinajstić information content (AvgIpc) is 2.93. The molecule has 1 aromatic heterocycles. The van der Waals surface area contributed by atoms with Crippen molar-refractivity contribution in [3.63, 3.8) is 0 Å². The summed E-state index contributed by atoms with van der Waals surface area (Å²) < 4.78 is 17.6. The highest BCUT2D eigenvalue weighted by atomic mass is 16.5. The molecule has 126 valence electrons. The van der Waals surface area contributed by atoms with Crippen LogP contribution in [0.15, 0.2) is 18.3 Å². The summed E-state index contributed by atoms with van der Waals surface area (Å²) in [4.78, 5) is 12.0. The quantitative estimate of drug-likeness (QED) is 0.733. The van der Waals surface area contributed by atoms with Gasteiger partial charge in [-0.3, -0.25) is 4.68 Å². The number of hydrogen-bond donors (Lipinski definition) is 0. The minimum atomic E-state index is -0.414. The van der Waals surface area contributed by atoms with Crippen molar-refractivity contribution < 1.29 is 19.0 Å². The summed E-state index contributed by atoms with van der Waals surface area (Å²) in [7, 11) is 3.05. The fourth-order valence-electron chi connectivity index (χ4n) is 2.34. The number of aromatic nitrogens is 2. The van der Waals surface area contributed by atoms with Gasteiger partial charge in [0.15, 0.2) is 0 Å². The topological polar surface area (TPSA) is 62.6 Å². The van der Waals surface area contributed by atoms with Crippen LogP contribution in [0.2, 0.25) is 0 Å². The molecule has 0 radical (unpaired) electrons. The Kier molecular flexibility index (Phi) is 5.60. The van der Waals surface area contributed by atoms with E-state index in [4.69, 9.17) is 14.2 Å². The Labute approximate surface area is 136 Å². The molecule has 1 atom stereocenters. The predicted molar refractivity (Wildman–Crippen MR) is 88.0 cm³/mol. The van der Waals surface area contributed by atoms with E-state index in [2.05, 4.69) is 12.0 Å². The number of ether oxygens (including phenoxy) is 3. The van der Waals surface area contributed by atoms with Gasteiger partial charge in [-0.15, -0.1) is 0 Å². The van der Waals surface area contributed by atoms with Gasteiger partial charge < -0.3 is 14.2 Å². The molecule has 0 N–H and O–H groups in total. The second-order valence-corrected chi connectivity index (χ2v) is 5.80. The van der Waals surface area contributed by atoms with Gasteiger partial charge in [-0.25, -0.2) is 4.79 Å². The molecule has 0 aliphatic carbocycles. The SMILES string of the molecule is COCCC(C)n1cc2cc(C(=O)OC)c(OC(C)C)cc2n1. The average molecular weight is 320 g/mol. The molecule has 0 saturated heterocycles. The summed E-state index contributed by atoms with van der Waals surface area (Å²) in [6.45, 7) is 6.58. The van der Waals surface area contributed by atoms with Crippen LogP contribution in [-0.2, 0) is 9.47 Å². The number of benzene rings is 1. The molecule has 0 bridgehead atoms. The Hall–Kier alpha value is -2.08. The number of nitrogens with zero attached hydrogens (tertiary/aromatic N) is 2. The van der Waals surface area contributed by atoms with Crippen LogP contribution in [0.5, 0.6) is 5.75 Å². The Morgan fingerprint density at radius 3 is 2.61 bits per heavy atom. The van der Waals surface area contributed by atoms with Crippen molar-refractivity contribution in [3.05, 3.63) is 23.9 Å². The molecule has 1 aromatic carbocycles. The van der Waals surface area contributed by atoms with Crippen molar-refractivity contribution in [2.24, 2.45) is 0 Å². The zero-order chi connectivity index (χ0) is 17.0. The molecule has 23 heavy (non-hydrogen) atoms. The number of carbonyl (C=O) groups is 1. The van der Waals surface area contributed by atoms with Crippen LogP contribution in [0.3, 0.4) is 0 Å². The standard InChI is InChI=1S/C17H24N2O4/c1-11(2)23-16-9-15-13(8-14(16)17(20)22-5)10-19(18-15)12(3)6-7-21-4/h8-12H,6-7H2,1-5H3. The number of hydrogen-bond acceptors (Lipinski definition) is 5. The monoisotopic (exact) mass is 320 g/mol. The maximum absolute atomic E-state index is 12.0. The van der Waals surface area contributed by atoms with Crippen molar-refractivity contribution in [3.8, 4) is 5.75 Å². The summed E-state index contributed by atoms with van der Waals surface area (Å²) in [5, 5.41) is 5.47. The van der Waals surface area contributed by atoms with Crippen LogP contribution in [0.25, 0.3) is 10.9 Å². The molecule has 0 aliphatic heterocycles. The maximum Gasteiger partial charge on any atom is 0.341 e. The molecule has 2 aromatic rings. The van der Waals surface area contributed by atoms with Crippen molar-refractivity contribution in [1.82, 2.24) is 9.78 Å². The lowest BCUT2D eigenvalue weighted by molar-refractivity contribution is 0.0594. The Morgan fingerprint density at radius 1 is 1.26 bits per heavy atom. The molecule has 0 spiro atoms. The van der Waals surface area contributed by atoms with E-state index in [0.717, 1.165) is 17.3 Å². The smallest absolute Gasteiger partial charge is 0.341 e. The summed E-state index contributed by atoms with van der Waals surface area (Å²) in [6.07, 6.45) is 2.75. The molecule has 0 fully saturated rings. The van der Waals surface area contributed by atoms with E-state index in [-0.39, 0.29) is 12.1 Å². The van der Waals surface area contributed by atoms with Gasteiger partial charge in [-0.2, -0.15) is 5.10 Å². The molecule has 6 nitrogen and oxygen atoms in total. The molecule has 6 heteroatoms. The van der Waals surface area contributed by atoms with E-state index in [1.165, 1.54) is 7.11 Å². The van der Waals surface area contributed by atoms with Crippen LogP contribution in [-0.4, -0.2) is 42.7 Å². The zero-order valence-electron chi connectivity index (χ0n) is 14.3. The highest BCUT2D eigenvalue weighted by Gasteiger charge is 2.18. The van der Waals surface area contributed by atoms with Crippen molar-refractivity contribution in [1.29, 1.82) is 0 Å². The van der Waals surface area contributed by atoms with Gasteiger partial charge in [0, 0.05) is 31.4 Å². The van der Waals surface area contributed by atoms with Gasteiger partial charge in [-0.05, 0) is 33.3 Å². The van der Waals surface area contributed by atoms with Gasteiger partial charge in [0.1, 0.15) is 11.3 Å². The van der Waals surface area contributed by atoms with Crippen LogP contribution in [0.4, 0.5) is 0 Å². The lowest BCUT2D eigenvalue weighted by atomic mass is 10.1. The van der Waals surface area contributed by atoms with E-state index in [1.807, 2.05) is 24.7 Å². The Bertz CT molecular complexity index is 679. The number of methoxy groups -OCH3 is 2. The largest absolute Gasteiger partial charge is 0.490 e. The summed E-state index contributed by atoms with van der Waals surface area (Å²) in [6, 6.07) is 3.77. The Balaban J connectivity index is 2.43. The van der Waals surface area contributed by atoms with E-state index >= 15 is 0 Å². The van der Waals surface area contributed by atoms with Crippen molar-refractivity contribution in [2.45, 2.75) is 39.3 Å². The third-order valence-corrected chi connectivity index (χ3v) is 3.58. The molecule has 1 heterocycles. The summed E-state index contributed by atoms with van der Waals surface area (Å²) in [5.74, 6) is 0.0804. The lowest BCUT2D eigenvalue weighted by Gasteiger charge is -2.13. The molecular weight excluding hydrogens is 296 g/mol. The minimum Gasteiger partial charge on any atom is -0.490 e. The molecule has 0 saturated carbocycles. The normalized spacial score (nSPS) is 12.6. The third-order valence-electron chi connectivity index (χ3n) is 3.58. The van der Waals surface area contributed by atoms with Crippen LogP contribution in [0.1, 0.15) is 43.6 Å². The molecular formula is C17H24N2O4. The van der Waals surface area contributed by atoms with Crippen molar-refractivity contribution >= 4 is 16.9 Å². The first-order valence-electron chi connectivity index (χ1n) is 7.73. The summed E-state index contributed by atoms with van der Waals surface area (Å²) >= 11 is 0. The first-order valence-corrected chi connectivity index (χ1v) is 7.73. The maximum atomic E-state index is 12.0. The number of rotatable bonds is 7. The highest BCUT2D eigenvalue weighted by molar-refractivity contribution is 5.97. The molecule has 0 amide bonds. The van der Waals surface area contributed by atoms with E-state index in [9.17, 15) is 4.79 Å². The highest BCUT2D eigenvalue weighted by Crippen LogP contribution is 2.28. The third kappa shape index (κ3) is 4.01. The summed E-state index contributed by atoms with van der Waals surface area (Å²) in [5.41, 5.74) is 1.20. The number of esters is 1. The van der Waals surface area contributed by atoms with E-state index in [1.54, 1.807) is 19.2 Å². The second kappa shape index (κ2) is 7.46. The van der Waals surface area contributed by atoms with Gasteiger partial charge in [0.25, 0.3) is 0 Å². The van der Waals surface area contributed by atoms with Gasteiger partial charge in [0.2, 0.25) is 0 Å². The van der Waals surface area contributed by atoms with Gasteiger partial charge in [0.05, 0.1) is 24.8 Å². The lowest BCUT2D eigenvalue weighted by Crippen LogP contribution is -2.11. The van der Waals surface area contributed by atoms with Crippen LogP contribution >= 0.6 is 0 Å². The van der Waals surface area contributed by atoms with E-state index < -0.39 is 5.97 Å². The molecule has 0 aliphatic rings. The fraction of sp³-hybridized carbons (Fsp3) is 0.529. The van der Waals surface area contributed by atoms with Gasteiger partial charge >= 0.3 is 5.97 Å². The number of carbonyl (C=O) groups excluding carboxylic acids is 1. The molecule has 1 unspecified atom stereocenters. The first kappa shape index (κ1) is 17.3. The number of fused-ring (bicyclic) bond motifs is 1. The second-order valence-electron chi connectivity index (χ2n) is 5.80. The van der Waals surface area contributed by atoms with Crippen molar-refractivity contribution in [2.75, 3.05) is 20.8 Å². The first-order chi connectivity index (χ1) is 11.0. The zero-order valence-corrected chi connectivity index (χ0v) is 14.3. The molecule has 2 rings (SSSR count). The van der Waals surface area contributed by atoms with Crippen LogP contribution < -0.4 is 4.74 Å². The van der Waals surface area contributed by atoms with E-state index in [0.29, 0.717) is 17.9 Å². The van der Waals surface area contributed by atoms with Gasteiger partial charge in [-0.1, -0.05) is 0 Å². The predicted octanol–water partition coefficient (Wildman–Crippen LogP) is 3.21. The minimum absolute atomic E-state index is 0.0430. The fourth-order valence-corrected chi connectivity index (χ4v) is 2.34. The Morgan fingerprint density at radius 2 is 2.00 bits per heavy atom.